The van der Waals surface area contributed by atoms with Crippen molar-refractivity contribution in [1.82, 2.24) is 5.32 Å². The molecule has 1 rings (SSSR count). The molecule has 3 nitrogen and oxygen atoms in total. The number of aliphatic hydroxyl groups is 1. The van der Waals surface area contributed by atoms with Gasteiger partial charge in [-0.15, -0.1) is 11.3 Å². The zero-order chi connectivity index (χ0) is 11.3. The van der Waals surface area contributed by atoms with Gasteiger partial charge in [-0.05, 0) is 19.4 Å². The smallest absolute Gasteiger partial charge is 0.100 e. The number of hydrogen-bond acceptors (Lipinski definition) is 4. The van der Waals surface area contributed by atoms with Crippen LogP contribution in [0.3, 0.4) is 0 Å². The standard InChI is InChI=1S/C11H16N2OS/c1-3-11(2,14)8-13-6-10-4-9(5-12)7-15-10/h4,7,13-14H,3,6,8H2,1-2H3. The second-order valence-corrected chi connectivity index (χ2v) is 4.86. The van der Waals surface area contributed by atoms with Crippen molar-refractivity contribution in [3.8, 4) is 6.07 Å². The van der Waals surface area contributed by atoms with Crippen LogP contribution in [0.4, 0.5) is 0 Å². The number of nitriles is 1. The molecule has 15 heavy (non-hydrogen) atoms. The van der Waals surface area contributed by atoms with Crippen LogP contribution in [0.15, 0.2) is 11.4 Å². The molecule has 0 amide bonds. The van der Waals surface area contributed by atoms with Crippen LogP contribution < -0.4 is 5.32 Å². The average molecular weight is 224 g/mol. The third kappa shape index (κ3) is 4.00. The van der Waals surface area contributed by atoms with Crippen molar-refractivity contribution < 1.29 is 5.11 Å². The van der Waals surface area contributed by atoms with Gasteiger partial charge in [0.2, 0.25) is 0 Å². The minimum Gasteiger partial charge on any atom is -0.389 e. The van der Waals surface area contributed by atoms with Gasteiger partial charge in [0.1, 0.15) is 6.07 Å². The average Bonchev–Trinajstić information content (AvgIpc) is 2.66. The molecule has 4 heteroatoms. The van der Waals surface area contributed by atoms with E-state index in [1.165, 1.54) is 0 Å². The van der Waals surface area contributed by atoms with E-state index >= 15 is 0 Å². The molecule has 0 bridgehead atoms. The largest absolute Gasteiger partial charge is 0.389 e. The molecule has 0 spiro atoms. The van der Waals surface area contributed by atoms with Crippen LogP contribution >= 0.6 is 11.3 Å². The Kier molecular flexibility index (Phi) is 4.28. The fraction of sp³-hybridized carbons (Fsp3) is 0.545. The van der Waals surface area contributed by atoms with Crippen LogP contribution in [-0.2, 0) is 6.54 Å². The van der Waals surface area contributed by atoms with Crippen molar-refractivity contribution in [2.24, 2.45) is 0 Å². The van der Waals surface area contributed by atoms with Crippen LogP contribution in [0.25, 0.3) is 0 Å². The highest BCUT2D eigenvalue weighted by Gasteiger charge is 2.16. The van der Waals surface area contributed by atoms with E-state index < -0.39 is 5.60 Å². The Balaban J connectivity index is 2.35. The Morgan fingerprint density at radius 2 is 2.40 bits per heavy atom. The Morgan fingerprint density at radius 1 is 1.67 bits per heavy atom. The Morgan fingerprint density at radius 3 is 2.93 bits per heavy atom. The molecule has 0 saturated heterocycles. The number of nitrogens with zero attached hydrogens (tertiary/aromatic N) is 1. The molecule has 0 saturated carbocycles. The SMILES string of the molecule is CCC(C)(O)CNCc1cc(C#N)cs1. The fourth-order valence-electron chi connectivity index (χ4n) is 1.11. The molecule has 0 aliphatic carbocycles. The fourth-order valence-corrected chi connectivity index (χ4v) is 1.89. The van der Waals surface area contributed by atoms with E-state index in [4.69, 9.17) is 5.26 Å². The van der Waals surface area contributed by atoms with Crippen LogP contribution in [0.5, 0.6) is 0 Å². The molecule has 1 atom stereocenters. The molecule has 0 aliphatic heterocycles. The van der Waals surface area contributed by atoms with Gasteiger partial charge in [-0.1, -0.05) is 6.92 Å². The van der Waals surface area contributed by atoms with Gasteiger partial charge in [0, 0.05) is 23.3 Å². The Hall–Kier alpha value is -0.890. The zero-order valence-corrected chi connectivity index (χ0v) is 9.90. The predicted octanol–water partition coefficient (Wildman–Crippen LogP) is 1.87. The van der Waals surface area contributed by atoms with E-state index in [-0.39, 0.29) is 0 Å². The molecule has 2 N–H and O–H groups in total. The van der Waals surface area contributed by atoms with E-state index in [2.05, 4.69) is 11.4 Å². The van der Waals surface area contributed by atoms with Gasteiger partial charge in [-0.3, -0.25) is 0 Å². The van der Waals surface area contributed by atoms with E-state index in [1.807, 2.05) is 25.3 Å². The molecule has 1 aromatic heterocycles. The topological polar surface area (TPSA) is 56.0 Å². The van der Waals surface area contributed by atoms with Gasteiger partial charge in [-0.25, -0.2) is 0 Å². The van der Waals surface area contributed by atoms with Gasteiger partial charge in [0.15, 0.2) is 0 Å². The maximum absolute atomic E-state index is 9.74. The lowest BCUT2D eigenvalue weighted by Gasteiger charge is -2.21. The van der Waals surface area contributed by atoms with E-state index in [0.717, 1.165) is 11.3 Å². The first-order valence-corrected chi connectivity index (χ1v) is 5.86. The monoisotopic (exact) mass is 224 g/mol. The first-order valence-electron chi connectivity index (χ1n) is 4.98. The van der Waals surface area contributed by atoms with Crippen molar-refractivity contribution in [2.75, 3.05) is 6.54 Å². The summed E-state index contributed by atoms with van der Waals surface area (Å²) < 4.78 is 0. The minimum absolute atomic E-state index is 0.573. The summed E-state index contributed by atoms with van der Waals surface area (Å²) in [6.07, 6.45) is 0.730. The van der Waals surface area contributed by atoms with E-state index in [9.17, 15) is 5.11 Å². The highest BCUT2D eigenvalue weighted by molar-refractivity contribution is 7.10. The summed E-state index contributed by atoms with van der Waals surface area (Å²) in [7, 11) is 0. The maximum atomic E-state index is 9.74. The highest BCUT2D eigenvalue weighted by atomic mass is 32.1. The summed E-state index contributed by atoms with van der Waals surface area (Å²) in [5.41, 5.74) is 0.0639. The van der Waals surface area contributed by atoms with Gasteiger partial charge in [0.05, 0.1) is 11.2 Å². The lowest BCUT2D eigenvalue weighted by atomic mass is 10.0. The molecular weight excluding hydrogens is 208 g/mol. The Labute approximate surface area is 94.4 Å². The molecule has 0 fully saturated rings. The van der Waals surface area contributed by atoms with Gasteiger partial charge in [0.25, 0.3) is 0 Å². The summed E-state index contributed by atoms with van der Waals surface area (Å²) in [6, 6.07) is 3.97. The van der Waals surface area contributed by atoms with Crippen LogP contribution in [0.1, 0.15) is 30.7 Å². The minimum atomic E-state index is -0.644. The molecule has 1 unspecified atom stereocenters. The lowest BCUT2D eigenvalue weighted by Crippen LogP contribution is -2.36. The number of rotatable bonds is 5. The molecule has 0 radical (unpaired) electrons. The summed E-state index contributed by atoms with van der Waals surface area (Å²) in [5.74, 6) is 0. The second kappa shape index (κ2) is 5.26. The summed E-state index contributed by atoms with van der Waals surface area (Å²) in [4.78, 5) is 1.12. The number of thiophene rings is 1. The third-order valence-corrected chi connectivity index (χ3v) is 3.29. The summed E-state index contributed by atoms with van der Waals surface area (Å²) in [6.45, 7) is 5.06. The Bertz CT molecular complexity index is 352. The quantitative estimate of drug-likeness (QED) is 0.802. The van der Waals surface area contributed by atoms with Crippen molar-refractivity contribution in [3.63, 3.8) is 0 Å². The highest BCUT2D eigenvalue weighted by Crippen LogP contribution is 2.14. The van der Waals surface area contributed by atoms with Gasteiger partial charge in [-0.2, -0.15) is 5.26 Å². The summed E-state index contributed by atoms with van der Waals surface area (Å²) >= 11 is 1.57. The van der Waals surface area contributed by atoms with E-state index in [1.54, 1.807) is 11.3 Å². The number of hydrogen-bond donors (Lipinski definition) is 2. The molecular formula is C11H16N2OS. The maximum Gasteiger partial charge on any atom is 0.100 e. The summed E-state index contributed by atoms with van der Waals surface area (Å²) in [5, 5.41) is 23.4. The molecule has 0 aromatic carbocycles. The second-order valence-electron chi connectivity index (χ2n) is 3.87. The third-order valence-electron chi connectivity index (χ3n) is 2.35. The van der Waals surface area contributed by atoms with Crippen LogP contribution in [0, 0.1) is 11.3 Å². The predicted molar refractivity (Wildman–Crippen MR) is 61.7 cm³/mol. The molecule has 0 aliphatic rings. The molecule has 82 valence electrons. The van der Waals surface area contributed by atoms with Crippen LogP contribution in [0.2, 0.25) is 0 Å². The zero-order valence-electron chi connectivity index (χ0n) is 9.08. The van der Waals surface area contributed by atoms with Gasteiger partial charge >= 0.3 is 0 Å². The van der Waals surface area contributed by atoms with E-state index in [0.29, 0.717) is 18.7 Å². The first-order chi connectivity index (χ1) is 7.07. The first kappa shape index (κ1) is 12.2. The van der Waals surface area contributed by atoms with Crippen molar-refractivity contribution in [2.45, 2.75) is 32.4 Å². The van der Waals surface area contributed by atoms with Gasteiger partial charge < -0.3 is 10.4 Å². The van der Waals surface area contributed by atoms with Crippen molar-refractivity contribution >= 4 is 11.3 Å². The van der Waals surface area contributed by atoms with Crippen molar-refractivity contribution in [3.05, 3.63) is 21.9 Å². The number of nitrogens with one attached hydrogen (secondary N) is 1. The normalized spacial score (nSPS) is 14.5. The van der Waals surface area contributed by atoms with Crippen LogP contribution in [-0.4, -0.2) is 17.3 Å². The lowest BCUT2D eigenvalue weighted by molar-refractivity contribution is 0.0556. The molecule has 1 aromatic rings. The van der Waals surface area contributed by atoms with Crippen molar-refractivity contribution in [1.29, 1.82) is 5.26 Å². The molecule has 1 heterocycles.